The lowest BCUT2D eigenvalue weighted by atomic mass is 10.1. The monoisotopic (exact) mass is 290 g/mol. The molecule has 0 atom stereocenters. The highest BCUT2D eigenvalue weighted by molar-refractivity contribution is 5.54. The minimum Gasteiger partial charge on any atom is -0.369 e. The highest BCUT2D eigenvalue weighted by Crippen LogP contribution is 2.22. The Morgan fingerprint density at radius 1 is 1.24 bits per heavy atom. The highest BCUT2D eigenvalue weighted by atomic mass is 15.3. The van der Waals surface area contributed by atoms with Crippen molar-refractivity contribution < 1.29 is 0 Å². The first-order valence-corrected chi connectivity index (χ1v) is 8.23. The first-order valence-electron chi connectivity index (χ1n) is 8.23. The van der Waals surface area contributed by atoms with E-state index in [1.54, 1.807) is 0 Å². The van der Waals surface area contributed by atoms with Crippen molar-refractivity contribution in [1.29, 1.82) is 0 Å². The molecule has 21 heavy (non-hydrogen) atoms. The summed E-state index contributed by atoms with van der Waals surface area (Å²) >= 11 is 0. The van der Waals surface area contributed by atoms with Crippen molar-refractivity contribution in [3.8, 4) is 0 Å². The Balaban J connectivity index is 2.03. The van der Waals surface area contributed by atoms with Gasteiger partial charge < -0.3 is 10.2 Å². The molecule has 4 nitrogen and oxygen atoms in total. The second-order valence-electron chi connectivity index (χ2n) is 6.42. The number of aromatic nitrogens is 1. The fourth-order valence-corrected chi connectivity index (χ4v) is 2.95. The minimum atomic E-state index is 0.754. The molecule has 0 aliphatic carbocycles. The second kappa shape index (κ2) is 7.76. The molecule has 0 aromatic carbocycles. The van der Waals surface area contributed by atoms with Crippen LogP contribution in [0.5, 0.6) is 0 Å². The summed E-state index contributed by atoms with van der Waals surface area (Å²) in [5.41, 5.74) is 3.79. The number of piperazine rings is 1. The highest BCUT2D eigenvalue weighted by Gasteiger charge is 2.19. The lowest BCUT2D eigenvalue weighted by Crippen LogP contribution is -2.47. The molecule has 1 fully saturated rings. The molecule has 0 amide bonds. The summed E-state index contributed by atoms with van der Waals surface area (Å²) < 4.78 is 0. The first-order chi connectivity index (χ1) is 10.1. The van der Waals surface area contributed by atoms with Gasteiger partial charge in [-0.15, -0.1) is 0 Å². The van der Waals surface area contributed by atoms with Gasteiger partial charge in [0.2, 0.25) is 0 Å². The molecule has 0 bridgehead atoms. The molecule has 0 radical (unpaired) electrons. The Morgan fingerprint density at radius 3 is 2.57 bits per heavy atom. The zero-order chi connectivity index (χ0) is 15.2. The van der Waals surface area contributed by atoms with Gasteiger partial charge in [-0.3, -0.25) is 9.88 Å². The third-order valence-corrected chi connectivity index (χ3v) is 4.00. The topological polar surface area (TPSA) is 31.4 Å². The van der Waals surface area contributed by atoms with Gasteiger partial charge in [0, 0.05) is 62.4 Å². The van der Waals surface area contributed by atoms with Crippen LogP contribution in [0, 0.1) is 12.8 Å². The van der Waals surface area contributed by atoms with E-state index in [-0.39, 0.29) is 0 Å². The van der Waals surface area contributed by atoms with E-state index in [9.17, 15) is 0 Å². The van der Waals surface area contributed by atoms with Crippen LogP contribution in [0.15, 0.2) is 12.3 Å². The average Bonchev–Trinajstić information content (AvgIpc) is 2.46. The van der Waals surface area contributed by atoms with Crippen LogP contribution in [0.4, 0.5) is 5.69 Å². The van der Waals surface area contributed by atoms with E-state index in [2.05, 4.69) is 53.9 Å². The average molecular weight is 290 g/mol. The van der Waals surface area contributed by atoms with Crippen molar-refractivity contribution in [1.82, 2.24) is 15.2 Å². The summed E-state index contributed by atoms with van der Waals surface area (Å²) in [5.74, 6) is 0.754. The maximum atomic E-state index is 4.46. The Hall–Kier alpha value is -1.13. The van der Waals surface area contributed by atoms with E-state index >= 15 is 0 Å². The van der Waals surface area contributed by atoms with Gasteiger partial charge in [-0.05, 0) is 25.5 Å². The van der Waals surface area contributed by atoms with Crippen molar-refractivity contribution in [2.75, 3.05) is 44.2 Å². The molecule has 1 saturated heterocycles. The Kier molecular flexibility index (Phi) is 6.00. The zero-order valence-electron chi connectivity index (χ0n) is 14.0. The number of pyridine rings is 1. The lowest BCUT2D eigenvalue weighted by molar-refractivity contribution is 0.231. The van der Waals surface area contributed by atoms with Crippen molar-refractivity contribution >= 4 is 5.69 Å². The molecule has 0 unspecified atom stereocenters. The molecule has 4 heteroatoms. The zero-order valence-corrected chi connectivity index (χ0v) is 14.0. The van der Waals surface area contributed by atoms with E-state index in [4.69, 9.17) is 0 Å². The van der Waals surface area contributed by atoms with Crippen LogP contribution in [0.2, 0.25) is 0 Å². The fraction of sp³-hybridized carbons (Fsp3) is 0.706. The number of nitrogens with one attached hydrogen (secondary N) is 1. The van der Waals surface area contributed by atoms with E-state index in [0.717, 1.165) is 37.8 Å². The molecule has 2 heterocycles. The molecule has 1 N–H and O–H groups in total. The smallest absolute Gasteiger partial charge is 0.0446 e. The van der Waals surface area contributed by atoms with Crippen LogP contribution in [-0.4, -0.2) is 49.2 Å². The molecule has 0 spiro atoms. The maximum Gasteiger partial charge on any atom is 0.0446 e. The number of anilines is 1. The van der Waals surface area contributed by atoms with Crippen LogP contribution >= 0.6 is 0 Å². The molecular formula is C17H30N4. The van der Waals surface area contributed by atoms with Gasteiger partial charge in [-0.25, -0.2) is 0 Å². The number of hydrogen-bond donors (Lipinski definition) is 1. The van der Waals surface area contributed by atoms with Crippen molar-refractivity contribution in [3.63, 3.8) is 0 Å². The van der Waals surface area contributed by atoms with Crippen molar-refractivity contribution in [3.05, 3.63) is 23.5 Å². The van der Waals surface area contributed by atoms with Crippen LogP contribution in [0.1, 0.15) is 32.0 Å². The van der Waals surface area contributed by atoms with Gasteiger partial charge in [-0.2, -0.15) is 0 Å². The molecule has 0 saturated carbocycles. The summed E-state index contributed by atoms with van der Waals surface area (Å²) in [6.45, 7) is 16.5. The Morgan fingerprint density at radius 2 is 1.95 bits per heavy atom. The van der Waals surface area contributed by atoms with Gasteiger partial charge >= 0.3 is 0 Å². The standard InChI is InChI=1S/C17H30N4/c1-5-18-11-16-12-19-15(4)10-17(16)21-8-6-20(7-9-21)13-14(2)3/h10,12,14,18H,5-9,11,13H2,1-4H3. The minimum absolute atomic E-state index is 0.754. The SMILES string of the molecule is CCNCc1cnc(C)cc1N1CCN(CC(C)C)CC1. The predicted molar refractivity (Wildman–Crippen MR) is 89.8 cm³/mol. The molecule has 2 rings (SSSR count). The number of aryl methyl sites for hydroxylation is 1. The largest absolute Gasteiger partial charge is 0.369 e. The quantitative estimate of drug-likeness (QED) is 0.871. The molecule has 1 aromatic heterocycles. The summed E-state index contributed by atoms with van der Waals surface area (Å²) in [7, 11) is 0. The molecule has 118 valence electrons. The Bertz CT molecular complexity index is 436. The summed E-state index contributed by atoms with van der Waals surface area (Å²) in [4.78, 5) is 9.57. The van der Waals surface area contributed by atoms with E-state index in [0.29, 0.717) is 0 Å². The fourth-order valence-electron chi connectivity index (χ4n) is 2.95. The van der Waals surface area contributed by atoms with Gasteiger partial charge in [0.25, 0.3) is 0 Å². The normalized spacial score (nSPS) is 16.7. The summed E-state index contributed by atoms with van der Waals surface area (Å²) in [6, 6.07) is 2.24. The van der Waals surface area contributed by atoms with Crippen molar-refractivity contribution in [2.24, 2.45) is 5.92 Å². The third-order valence-electron chi connectivity index (χ3n) is 4.00. The Labute approximate surface area is 129 Å². The van der Waals surface area contributed by atoms with E-state index in [1.165, 1.54) is 30.9 Å². The van der Waals surface area contributed by atoms with Crippen LogP contribution in [-0.2, 0) is 6.54 Å². The summed E-state index contributed by atoms with van der Waals surface area (Å²) in [5, 5.41) is 3.42. The summed E-state index contributed by atoms with van der Waals surface area (Å²) in [6.07, 6.45) is 2.04. The van der Waals surface area contributed by atoms with E-state index in [1.807, 2.05) is 6.20 Å². The molecule has 1 aliphatic rings. The number of rotatable bonds is 6. The maximum absolute atomic E-state index is 4.46. The number of nitrogens with zero attached hydrogens (tertiary/aromatic N) is 3. The lowest BCUT2D eigenvalue weighted by Gasteiger charge is -2.37. The van der Waals surface area contributed by atoms with E-state index < -0.39 is 0 Å². The second-order valence-corrected chi connectivity index (χ2v) is 6.42. The van der Waals surface area contributed by atoms with Gasteiger partial charge in [-0.1, -0.05) is 20.8 Å². The molecular weight excluding hydrogens is 260 g/mol. The van der Waals surface area contributed by atoms with Gasteiger partial charge in [0.15, 0.2) is 0 Å². The van der Waals surface area contributed by atoms with Crippen LogP contribution in [0.25, 0.3) is 0 Å². The van der Waals surface area contributed by atoms with Crippen LogP contribution < -0.4 is 10.2 Å². The molecule has 1 aliphatic heterocycles. The first kappa shape index (κ1) is 16.2. The van der Waals surface area contributed by atoms with Gasteiger partial charge in [0.05, 0.1) is 0 Å². The number of hydrogen-bond acceptors (Lipinski definition) is 4. The van der Waals surface area contributed by atoms with Crippen LogP contribution in [0.3, 0.4) is 0 Å². The molecule has 1 aromatic rings. The van der Waals surface area contributed by atoms with Crippen molar-refractivity contribution in [2.45, 2.75) is 34.2 Å². The third kappa shape index (κ3) is 4.68. The van der Waals surface area contributed by atoms with Gasteiger partial charge in [0.1, 0.15) is 0 Å². The predicted octanol–water partition coefficient (Wildman–Crippen LogP) is 2.28.